The summed E-state index contributed by atoms with van der Waals surface area (Å²) in [6.45, 7) is 3.28. The molecule has 19 heavy (non-hydrogen) atoms. The Kier molecular flexibility index (Phi) is 9.61. The Balaban J connectivity index is 0.00000324. The van der Waals surface area contributed by atoms with E-state index in [-0.39, 0.29) is 30.3 Å². The SMILES string of the molecule is CCCNC(=O)CCCC(=O)NCC(N)C1CC1.Cl. The predicted molar refractivity (Wildman–Crippen MR) is 78.1 cm³/mol. The Labute approximate surface area is 121 Å². The fourth-order valence-electron chi connectivity index (χ4n) is 1.77. The van der Waals surface area contributed by atoms with Gasteiger partial charge in [0.15, 0.2) is 0 Å². The third-order valence-corrected chi connectivity index (χ3v) is 3.14. The molecule has 0 aromatic carbocycles. The maximum atomic E-state index is 11.5. The van der Waals surface area contributed by atoms with Crippen molar-refractivity contribution in [2.24, 2.45) is 11.7 Å². The van der Waals surface area contributed by atoms with E-state index >= 15 is 0 Å². The highest BCUT2D eigenvalue weighted by Gasteiger charge is 2.28. The van der Waals surface area contributed by atoms with E-state index in [9.17, 15) is 9.59 Å². The van der Waals surface area contributed by atoms with Gasteiger partial charge in [-0.25, -0.2) is 0 Å². The van der Waals surface area contributed by atoms with Crippen LogP contribution in [-0.4, -0.2) is 30.9 Å². The van der Waals surface area contributed by atoms with Crippen LogP contribution < -0.4 is 16.4 Å². The molecule has 0 aromatic rings. The molecule has 0 aromatic heterocycles. The fourth-order valence-corrected chi connectivity index (χ4v) is 1.77. The predicted octanol–water partition coefficient (Wildman–Crippen LogP) is 0.958. The molecule has 0 radical (unpaired) electrons. The molecule has 1 saturated carbocycles. The zero-order chi connectivity index (χ0) is 13.4. The second kappa shape index (κ2) is 10.0. The van der Waals surface area contributed by atoms with E-state index in [1.165, 1.54) is 12.8 Å². The lowest BCUT2D eigenvalue weighted by Crippen LogP contribution is -2.38. The number of hydrogen-bond acceptors (Lipinski definition) is 3. The number of halogens is 1. The molecule has 1 fully saturated rings. The van der Waals surface area contributed by atoms with Crippen LogP contribution in [0.2, 0.25) is 0 Å². The largest absolute Gasteiger partial charge is 0.356 e. The van der Waals surface area contributed by atoms with E-state index in [0.29, 0.717) is 38.3 Å². The molecule has 112 valence electrons. The van der Waals surface area contributed by atoms with Gasteiger partial charge >= 0.3 is 0 Å². The van der Waals surface area contributed by atoms with Gasteiger partial charge in [0.05, 0.1) is 0 Å². The molecule has 0 bridgehead atoms. The van der Waals surface area contributed by atoms with Crippen LogP contribution in [0.15, 0.2) is 0 Å². The van der Waals surface area contributed by atoms with Crippen LogP contribution in [0.4, 0.5) is 0 Å². The van der Waals surface area contributed by atoms with Gasteiger partial charge in [0.25, 0.3) is 0 Å². The smallest absolute Gasteiger partial charge is 0.220 e. The summed E-state index contributed by atoms with van der Waals surface area (Å²) in [6, 6.07) is 0.0989. The summed E-state index contributed by atoms with van der Waals surface area (Å²) in [4.78, 5) is 22.8. The Morgan fingerprint density at radius 2 is 1.79 bits per heavy atom. The number of hydrogen-bond donors (Lipinski definition) is 3. The van der Waals surface area contributed by atoms with Crippen molar-refractivity contribution in [3.8, 4) is 0 Å². The average Bonchev–Trinajstić information content (AvgIpc) is 3.17. The van der Waals surface area contributed by atoms with Crippen molar-refractivity contribution in [2.75, 3.05) is 13.1 Å². The molecule has 4 N–H and O–H groups in total. The number of carbonyl (C=O) groups excluding carboxylic acids is 2. The lowest BCUT2D eigenvalue weighted by Gasteiger charge is -2.11. The summed E-state index contributed by atoms with van der Waals surface area (Å²) in [5, 5.41) is 5.61. The molecule has 1 rings (SSSR count). The van der Waals surface area contributed by atoms with Crippen LogP contribution >= 0.6 is 12.4 Å². The summed E-state index contributed by atoms with van der Waals surface area (Å²) in [5.41, 5.74) is 5.88. The van der Waals surface area contributed by atoms with E-state index in [1.807, 2.05) is 6.92 Å². The molecule has 6 heteroatoms. The number of nitrogens with one attached hydrogen (secondary N) is 2. The van der Waals surface area contributed by atoms with E-state index in [4.69, 9.17) is 5.73 Å². The number of nitrogens with two attached hydrogens (primary N) is 1. The quantitative estimate of drug-likeness (QED) is 0.591. The van der Waals surface area contributed by atoms with Crippen molar-refractivity contribution < 1.29 is 9.59 Å². The Hall–Kier alpha value is -0.810. The van der Waals surface area contributed by atoms with Gasteiger partial charge in [-0.2, -0.15) is 0 Å². The van der Waals surface area contributed by atoms with Gasteiger partial charge in [-0.1, -0.05) is 6.92 Å². The molecule has 1 unspecified atom stereocenters. The van der Waals surface area contributed by atoms with Crippen LogP contribution in [0.3, 0.4) is 0 Å². The minimum atomic E-state index is -0.00519. The summed E-state index contributed by atoms with van der Waals surface area (Å²) >= 11 is 0. The molecule has 1 atom stereocenters. The molecule has 0 saturated heterocycles. The third-order valence-electron chi connectivity index (χ3n) is 3.14. The number of amides is 2. The van der Waals surface area contributed by atoms with E-state index in [2.05, 4.69) is 10.6 Å². The van der Waals surface area contributed by atoms with Gasteiger partial charge in [-0.3, -0.25) is 9.59 Å². The Morgan fingerprint density at radius 1 is 1.21 bits per heavy atom. The van der Waals surface area contributed by atoms with E-state index in [0.717, 1.165) is 6.42 Å². The highest BCUT2D eigenvalue weighted by Crippen LogP contribution is 2.31. The van der Waals surface area contributed by atoms with Crippen molar-refractivity contribution in [1.29, 1.82) is 0 Å². The average molecular weight is 292 g/mol. The molecule has 1 aliphatic carbocycles. The zero-order valence-electron chi connectivity index (χ0n) is 11.6. The van der Waals surface area contributed by atoms with Crippen LogP contribution in [0.1, 0.15) is 45.4 Å². The number of carbonyl (C=O) groups is 2. The Bertz CT molecular complexity index is 283. The molecule has 5 nitrogen and oxygen atoms in total. The lowest BCUT2D eigenvalue weighted by molar-refractivity contribution is -0.122. The van der Waals surface area contributed by atoms with Crippen molar-refractivity contribution in [1.82, 2.24) is 10.6 Å². The van der Waals surface area contributed by atoms with E-state index in [1.54, 1.807) is 0 Å². The minimum Gasteiger partial charge on any atom is -0.356 e. The molecule has 0 aliphatic heterocycles. The summed E-state index contributed by atoms with van der Waals surface area (Å²) in [7, 11) is 0. The highest BCUT2D eigenvalue weighted by molar-refractivity contribution is 5.85. The van der Waals surface area contributed by atoms with Crippen LogP contribution in [0.5, 0.6) is 0 Å². The molecule has 0 spiro atoms. The maximum absolute atomic E-state index is 11.5. The zero-order valence-corrected chi connectivity index (χ0v) is 12.4. The van der Waals surface area contributed by atoms with Gasteiger partial charge in [0.1, 0.15) is 0 Å². The van der Waals surface area contributed by atoms with Crippen LogP contribution in [0.25, 0.3) is 0 Å². The normalized spacial score (nSPS) is 15.3. The van der Waals surface area contributed by atoms with Crippen molar-refractivity contribution >= 4 is 24.2 Å². The van der Waals surface area contributed by atoms with Gasteiger partial charge in [-0.15, -0.1) is 12.4 Å². The van der Waals surface area contributed by atoms with Crippen molar-refractivity contribution in [2.45, 2.75) is 51.5 Å². The molecule has 0 heterocycles. The van der Waals surface area contributed by atoms with Crippen molar-refractivity contribution in [3.05, 3.63) is 0 Å². The molecular formula is C13H26ClN3O2. The monoisotopic (exact) mass is 291 g/mol. The fraction of sp³-hybridized carbons (Fsp3) is 0.846. The summed E-state index contributed by atoms with van der Waals surface area (Å²) < 4.78 is 0. The first-order valence-electron chi connectivity index (χ1n) is 6.92. The van der Waals surface area contributed by atoms with Gasteiger partial charge in [0.2, 0.25) is 11.8 Å². The molecule has 2 amide bonds. The minimum absolute atomic E-state index is 0. The highest BCUT2D eigenvalue weighted by atomic mass is 35.5. The second-order valence-corrected chi connectivity index (χ2v) is 5.01. The van der Waals surface area contributed by atoms with Gasteiger partial charge in [0, 0.05) is 32.0 Å². The molecular weight excluding hydrogens is 266 g/mol. The third kappa shape index (κ3) is 8.83. The first kappa shape index (κ1) is 18.2. The van der Waals surface area contributed by atoms with Crippen LogP contribution in [0, 0.1) is 5.92 Å². The van der Waals surface area contributed by atoms with Gasteiger partial charge in [-0.05, 0) is 31.6 Å². The Morgan fingerprint density at radius 3 is 2.32 bits per heavy atom. The van der Waals surface area contributed by atoms with Gasteiger partial charge < -0.3 is 16.4 Å². The first-order valence-corrected chi connectivity index (χ1v) is 6.92. The lowest BCUT2D eigenvalue weighted by atomic mass is 10.2. The maximum Gasteiger partial charge on any atom is 0.220 e. The van der Waals surface area contributed by atoms with E-state index < -0.39 is 0 Å². The summed E-state index contributed by atoms with van der Waals surface area (Å²) in [5.74, 6) is 0.624. The van der Waals surface area contributed by atoms with Crippen molar-refractivity contribution in [3.63, 3.8) is 0 Å². The topological polar surface area (TPSA) is 84.2 Å². The number of rotatable bonds is 9. The first-order chi connectivity index (χ1) is 8.63. The molecule has 1 aliphatic rings. The van der Waals surface area contributed by atoms with Crippen LogP contribution in [-0.2, 0) is 9.59 Å². The standard InChI is InChI=1S/C13H25N3O2.ClH/c1-2-8-15-12(17)4-3-5-13(18)16-9-11(14)10-6-7-10;/h10-11H,2-9,14H2,1H3,(H,15,17)(H,16,18);1H. The second-order valence-electron chi connectivity index (χ2n) is 5.01. The summed E-state index contributed by atoms with van der Waals surface area (Å²) in [6.07, 6.45) is 4.73.